The van der Waals surface area contributed by atoms with Crippen molar-refractivity contribution in [1.82, 2.24) is 25.3 Å². The van der Waals surface area contributed by atoms with Crippen molar-refractivity contribution in [2.75, 3.05) is 33.2 Å². The molecule has 1 aromatic heterocycles. The zero-order valence-corrected chi connectivity index (χ0v) is 18.8. The Morgan fingerprint density at radius 3 is 2.77 bits per heavy atom. The number of guanidine groups is 1. The molecular formula is C19H35IN6. The van der Waals surface area contributed by atoms with Gasteiger partial charge in [-0.25, -0.2) is 0 Å². The van der Waals surface area contributed by atoms with Crippen molar-refractivity contribution in [3.05, 3.63) is 17.5 Å². The molecule has 0 saturated carbocycles. The van der Waals surface area contributed by atoms with Crippen LogP contribution < -0.4 is 10.6 Å². The Kier molecular flexibility index (Phi) is 8.66. The lowest BCUT2D eigenvalue weighted by Gasteiger charge is -2.28. The normalized spacial score (nSPS) is 21.2. The minimum atomic E-state index is 0. The number of nitrogens with zero attached hydrogens (tertiary/aromatic N) is 4. The average Bonchev–Trinajstić information content (AvgIpc) is 3.05. The first-order valence-electron chi connectivity index (χ1n) is 9.92. The van der Waals surface area contributed by atoms with Gasteiger partial charge >= 0.3 is 0 Å². The van der Waals surface area contributed by atoms with Crippen LogP contribution in [-0.2, 0) is 12.8 Å². The third kappa shape index (κ3) is 5.84. The van der Waals surface area contributed by atoms with Crippen molar-refractivity contribution in [3.8, 4) is 0 Å². The second-order valence-electron chi connectivity index (χ2n) is 7.66. The minimum Gasteiger partial charge on any atom is -0.355 e. The van der Waals surface area contributed by atoms with Crippen LogP contribution in [-0.4, -0.2) is 59.9 Å². The van der Waals surface area contributed by atoms with Crippen LogP contribution in [0.25, 0.3) is 0 Å². The van der Waals surface area contributed by atoms with Crippen LogP contribution in [0.2, 0.25) is 0 Å². The van der Waals surface area contributed by atoms with Crippen LogP contribution in [0.15, 0.2) is 11.2 Å². The molecule has 148 valence electrons. The number of aryl methyl sites for hydroxylation is 1. The molecule has 2 aliphatic rings. The lowest BCUT2D eigenvalue weighted by molar-refractivity contribution is 0.232. The van der Waals surface area contributed by atoms with Crippen molar-refractivity contribution in [3.63, 3.8) is 0 Å². The highest BCUT2D eigenvalue weighted by atomic mass is 127. The van der Waals surface area contributed by atoms with E-state index in [1.807, 2.05) is 7.05 Å². The van der Waals surface area contributed by atoms with Crippen molar-refractivity contribution >= 4 is 29.9 Å². The zero-order valence-electron chi connectivity index (χ0n) is 16.5. The van der Waals surface area contributed by atoms with Crippen LogP contribution in [0.4, 0.5) is 0 Å². The van der Waals surface area contributed by atoms with Gasteiger partial charge in [0.25, 0.3) is 0 Å². The SMILES string of the molecule is CN=C(NCCN1CCCCC1)NC1CCc2cn(C(C)C)nc2C1.I. The van der Waals surface area contributed by atoms with Gasteiger partial charge in [0, 0.05) is 44.8 Å². The number of halogens is 1. The van der Waals surface area contributed by atoms with Crippen molar-refractivity contribution < 1.29 is 0 Å². The summed E-state index contributed by atoms with van der Waals surface area (Å²) in [5, 5.41) is 11.8. The lowest BCUT2D eigenvalue weighted by Crippen LogP contribution is -2.47. The van der Waals surface area contributed by atoms with E-state index in [-0.39, 0.29) is 24.0 Å². The van der Waals surface area contributed by atoms with Gasteiger partial charge in [-0.15, -0.1) is 24.0 Å². The summed E-state index contributed by atoms with van der Waals surface area (Å²) in [6.45, 7) is 8.92. The number of hydrogen-bond donors (Lipinski definition) is 2. The summed E-state index contributed by atoms with van der Waals surface area (Å²) < 4.78 is 2.10. The quantitative estimate of drug-likeness (QED) is 0.392. The van der Waals surface area contributed by atoms with E-state index in [0.717, 1.165) is 38.3 Å². The van der Waals surface area contributed by atoms with Gasteiger partial charge in [0.15, 0.2) is 5.96 Å². The van der Waals surface area contributed by atoms with E-state index in [4.69, 9.17) is 5.10 Å². The van der Waals surface area contributed by atoms with Crippen molar-refractivity contribution in [2.24, 2.45) is 4.99 Å². The van der Waals surface area contributed by atoms with Gasteiger partial charge < -0.3 is 15.5 Å². The smallest absolute Gasteiger partial charge is 0.191 e. The van der Waals surface area contributed by atoms with Crippen LogP contribution in [0, 0.1) is 0 Å². The molecule has 0 spiro atoms. The highest BCUT2D eigenvalue weighted by Crippen LogP contribution is 2.21. The maximum Gasteiger partial charge on any atom is 0.191 e. The summed E-state index contributed by atoms with van der Waals surface area (Å²) in [6, 6.07) is 0.852. The number of piperidine rings is 1. The van der Waals surface area contributed by atoms with Crippen LogP contribution in [0.5, 0.6) is 0 Å². The van der Waals surface area contributed by atoms with E-state index in [1.165, 1.54) is 43.6 Å². The fourth-order valence-electron chi connectivity index (χ4n) is 3.80. The van der Waals surface area contributed by atoms with Crippen LogP contribution >= 0.6 is 24.0 Å². The van der Waals surface area contributed by atoms with Gasteiger partial charge in [-0.3, -0.25) is 9.67 Å². The highest BCUT2D eigenvalue weighted by Gasteiger charge is 2.23. The average molecular weight is 474 g/mol. The van der Waals surface area contributed by atoms with Gasteiger partial charge in [0.1, 0.15) is 0 Å². The molecule has 0 amide bonds. The van der Waals surface area contributed by atoms with E-state index in [9.17, 15) is 0 Å². The zero-order chi connectivity index (χ0) is 17.6. The van der Waals surface area contributed by atoms with Gasteiger partial charge in [-0.05, 0) is 58.2 Å². The summed E-state index contributed by atoms with van der Waals surface area (Å²) in [4.78, 5) is 6.96. The highest BCUT2D eigenvalue weighted by molar-refractivity contribution is 14.0. The maximum absolute atomic E-state index is 4.77. The van der Waals surface area contributed by atoms with Crippen LogP contribution in [0.3, 0.4) is 0 Å². The van der Waals surface area contributed by atoms with E-state index in [0.29, 0.717) is 12.1 Å². The molecule has 1 atom stereocenters. The number of nitrogens with one attached hydrogen (secondary N) is 2. The molecule has 1 aliphatic heterocycles. The van der Waals surface area contributed by atoms with Gasteiger partial charge in [-0.2, -0.15) is 5.10 Å². The molecule has 1 unspecified atom stereocenters. The molecule has 1 saturated heterocycles. The summed E-state index contributed by atoms with van der Waals surface area (Å²) in [7, 11) is 1.86. The van der Waals surface area contributed by atoms with E-state index in [2.05, 4.69) is 45.3 Å². The molecule has 1 aliphatic carbocycles. The third-order valence-electron chi connectivity index (χ3n) is 5.36. The monoisotopic (exact) mass is 474 g/mol. The Morgan fingerprint density at radius 2 is 2.08 bits per heavy atom. The summed E-state index contributed by atoms with van der Waals surface area (Å²) in [5.41, 5.74) is 2.67. The number of aliphatic imine (C=N–C) groups is 1. The Balaban J connectivity index is 0.00000243. The van der Waals surface area contributed by atoms with Crippen LogP contribution in [0.1, 0.15) is 56.8 Å². The number of fused-ring (bicyclic) bond motifs is 1. The standard InChI is InChI=1S/C19H34N6.HI/c1-15(2)25-14-16-7-8-17(13-18(16)23-25)22-19(20-3)21-9-12-24-10-5-4-6-11-24;/h14-15,17H,4-13H2,1-3H3,(H2,20,21,22);1H. The Bertz CT molecular complexity index is 577. The molecule has 1 fully saturated rings. The number of rotatable bonds is 5. The van der Waals surface area contributed by atoms with Gasteiger partial charge in [-0.1, -0.05) is 6.42 Å². The Labute approximate surface area is 175 Å². The first-order valence-corrected chi connectivity index (χ1v) is 9.92. The van der Waals surface area contributed by atoms with Gasteiger partial charge in [0.05, 0.1) is 5.69 Å². The van der Waals surface area contributed by atoms with E-state index in [1.54, 1.807) is 0 Å². The fourth-order valence-corrected chi connectivity index (χ4v) is 3.80. The number of hydrogen-bond acceptors (Lipinski definition) is 3. The summed E-state index contributed by atoms with van der Waals surface area (Å²) in [5.74, 6) is 0.925. The van der Waals surface area contributed by atoms with E-state index >= 15 is 0 Å². The molecule has 0 aromatic carbocycles. The predicted octanol–water partition coefficient (Wildman–Crippen LogP) is 2.59. The molecule has 0 radical (unpaired) electrons. The fraction of sp³-hybridized carbons (Fsp3) is 0.789. The predicted molar refractivity (Wildman–Crippen MR) is 119 cm³/mol. The molecule has 1 aromatic rings. The second-order valence-corrected chi connectivity index (χ2v) is 7.66. The Morgan fingerprint density at radius 1 is 1.31 bits per heavy atom. The first kappa shape index (κ1) is 21.5. The topological polar surface area (TPSA) is 57.5 Å². The molecule has 7 heteroatoms. The largest absolute Gasteiger partial charge is 0.355 e. The second kappa shape index (κ2) is 10.5. The number of likely N-dealkylation sites (tertiary alicyclic amines) is 1. The lowest BCUT2D eigenvalue weighted by atomic mass is 9.94. The minimum absolute atomic E-state index is 0. The molecule has 6 nitrogen and oxygen atoms in total. The number of aromatic nitrogens is 2. The van der Waals surface area contributed by atoms with E-state index < -0.39 is 0 Å². The molecule has 2 heterocycles. The van der Waals surface area contributed by atoms with Gasteiger partial charge in [0.2, 0.25) is 0 Å². The molecule has 0 bridgehead atoms. The summed E-state index contributed by atoms with van der Waals surface area (Å²) >= 11 is 0. The Hall–Kier alpha value is -0.830. The molecule has 3 rings (SSSR count). The molecule has 26 heavy (non-hydrogen) atoms. The molecular weight excluding hydrogens is 439 g/mol. The molecule has 2 N–H and O–H groups in total. The van der Waals surface area contributed by atoms with Crippen molar-refractivity contribution in [1.29, 1.82) is 0 Å². The summed E-state index contributed by atoms with van der Waals surface area (Å²) in [6.07, 6.45) is 9.54. The van der Waals surface area contributed by atoms with Crippen molar-refractivity contribution in [2.45, 2.75) is 64.5 Å². The maximum atomic E-state index is 4.77. The first-order chi connectivity index (χ1) is 12.2. The third-order valence-corrected chi connectivity index (χ3v) is 5.36.